The van der Waals surface area contributed by atoms with E-state index in [1.165, 1.54) is 0 Å². The van der Waals surface area contributed by atoms with Crippen LogP contribution in [0.3, 0.4) is 0 Å². The van der Waals surface area contributed by atoms with Crippen molar-refractivity contribution in [1.29, 1.82) is 0 Å². The van der Waals surface area contributed by atoms with Crippen LogP contribution in [0.1, 0.15) is 31.2 Å². The first-order chi connectivity index (χ1) is 11.9. The fourth-order valence-electron chi connectivity index (χ4n) is 2.80. The summed E-state index contributed by atoms with van der Waals surface area (Å²) in [6.07, 6.45) is -2.35. The van der Waals surface area contributed by atoms with Gasteiger partial charge in [0.15, 0.2) is 0 Å². The first-order valence-electron chi connectivity index (χ1n) is 8.21. The van der Waals surface area contributed by atoms with Gasteiger partial charge in [0.1, 0.15) is 12.4 Å². The van der Waals surface area contributed by atoms with Gasteiger partial charge in [-0.05, 0) is 43.4 Å². The van der Waals surface area contributed by atoms with Gasteiger partial charge in [-0.2, -0.15) is 13.2 Å². The van der Waals surface area contributed by atoms with E-state index in [2.05, 4.69) is 10.6 Å². The minimum Gasteiger partial charge on any atom is -0.497 e. The second-order valence-electron chi connectivity index (χ2n) is 6.09. The molecular weight excluding hydrogens is 337 g/mol. The first-order valence-corrected chi connectivity index (χ1v) is 8.21. The van der Waals surface area contributed by atoms with E-state index in [0.717, 1.165) is 24.2 Å². The molecule has 1 aromatic carbocycles. The Morgan fingerprint density at radius 3 is 2.60 bits per heavy atom. The van der Waals surface area contributed by atoms with Crippen LogP contribution in [0, 0.1) is 0 Å². The maximum absolute atomic E-state index is 12.2. The molecule has 2 rings (SSSR count). The lowest BCUT2D eigenvalue weighted by Gasteiger charge is -2.30. The Morgan fingerprint density at radius 1 is 1.24 bits per heavy atom. The van der Waals surface area contributed by atoms with Gasteiger partial charge in [0.05, 0.1) is 13.2 Å². The molecule has 1 aromatic rings. The molecule has 8 heteroatoms. The summed E-state index contributed by atoms with van der Waals surface area (Å²) in [7, 11) is 1.58. The summed E-state index contributed by atoms with van der Waals surface area (Å²) < 4.78 is 46.6. The number of carbonyl (C=O) groups excluding carboxylic acids is 1. The monoisotopic (exact) mass is 360 g/mol. The van der Waals surface area contributed by atoms with Gasteiger partial charge in [0, 0.05) is 12.6 Å². The van der Waals surface area contributed by atoms with Gasteiger partial charge in [0.2, 0.25) is 0 Å². The molecule has 1 aliphatic carbocycles. The number of nitrogens with one attached hydrogen (secondary N) is 2. The Labute approximate surface area is 144 Å². The minimum absolute atomic E-state index is 0.178. The second-order valence-corrected chi connectivity index (χ2v) is 6.09. The van der Waals surface area contributed by atoms with Crippen LogP contribution in [0.5, 0.6) is 5.75 Å². The van der Waals surface area contributed by atoms with Crippen LogP contribution in [-0.2, 0) is 11.3 Å². The van der Waals surface area contributed by atoms with E-state index in [9.17, 15) is 18.0 Å². The van der Waals surface area contributed by atoms with Crippen molar-refractivity contribution in [3.8, 4) is 5.75 Å². The molecule has 0 bridgehead atoms. The van der Waals surface area contributed by atoms with Crippen LogP contribution >= 0.6 is 0 Å². The van der Waals surface area contributed by atoms with Crippen molar-refractivity contribution in [1.82, 2.24) is 10.6 Å². The van der Waals surface area contributed by atoms with E-state index in [1.807, 2.05) is 12.1 Å². The van der Waals surface area contributed by atoms with Crippen molar-refractivity contribution in [3.05, 3.63) is 29.8 Å². The molecule has 25 heavy (non-hydrogen) atoms. The largest absolute Gasteiger partial charge is 0.497 e. The Hall–Kier alpha value is -1.96. The SMILES string of the molecule is COc1ccc(CNC(=O)N[C@@H]2CCC[C@H](OCC(F)(F)F)C2)cc1. The minimum atomic E-state index is -4.32. The summed E-state index contributed by atoms with van der Waals surface area (Å²) >= 11 is 0. The molecule has 2 amide bonds. The van der Waals surface area contributed by atoms with Crippen LogP contribution < -0.4 is 15.4 Å². The molecule has 1 aliphatic rings. The van der Waals surface area contributed by atoms with Crippen molar-refractivity contribution in [2.75, 3.05) is 13.7 Å². The Balaban J connectivity index is 1.71. The fourth-order valence-corrected chi connectivity index (χ4v) is 2.80. The highest BCUT2D eigenvalue weighted by Crippen LogP contribution is 2.24. The van der Waals surface area contributed by atoms with Crippen molar-refractivity contribution in [3.63, 3.8) is 0 Å². The van der Waals surface area contributed by atoms with Gasteiger partial charge in [-0.3, -0.25) is 0 Å². The lowest BCUT2D eigenvalue weighted by molar-refractivity contribution is -0.188. The van der Waals surface area contributed by atoms with Gasteiger partial charge in [-0.15, -0.1) is 0 Å². The number of alkyl halides is 3. The average Bonchev–Trinajstić information content (AvgIpc) is 2.58. The zero-order chi connectivity index (χ0) is 18.3. The molecule has 140 valence electrons. The molecule has 0 spiro atoms. The molecule has 5 nitrogen and oxygen atoms in total. The molecule has 0 unspecified atom stereocenters. The summed E-state index contributed by atoms with van der Waals surface area (Å²) in [6.45, 7) is -0.884. The highest BCUT2D eigenvalue weighted by molar-refractivity contribution is 5.74. The third-order valence-corrected chi connectivity index (χ3v) is 4.06. The Bertz CT molecular complexity index is 549. The summed E-state index contributed by atoms with van der Waals surface area (Å²) in [4.78, 5) is 12.0. The number of benzene rings is 1. The van der Waals surface area contributed by atoms with E-state index in [-0.39, 0.29) is 12.1 Å². The number of amides is 2. The molecule has 1 fully saturated rings. The van der Waals surface area contributed by atoms with Crippen LogP contribution in [-0.4, -0.2) is 38.1 Å². The van der Waals surface area contributed by atoms with Crippen LogP contribution in [0.2, 0.25) is 0 Å². The average molecular weight is 360 g/mol. The third kappa shape index (κ3) is 7.21. The van der Waals surface area contributed by atoms with E-state index >= 15 is 0 Å². The second kappa shape index (κ2) is 8.94. The third-order valence-electron chi connectivity index (χ3n) is 4.06. The normalized spacial score (nSPS) is 20.8. The fraction of sp³-hybridized carbons (Fsp3) is 0.588. The standard InChI is InChI=1S/C17H23F3N2O3/c1-24-14-7-5-12(6-8-14)10-21-16(23)22-13-3-2-4-15(9-13)25-11-17(18,19)20/h5-8,13,15H,2-4,9-11H2,1H3,(H2,21,22,23)/t13-,15+/m1/s1. The van der Waals surface area contributed by atoms with Gasteiger partial charge in [-0.25, -0.2) is 4.79 Å². The molecule has 1 saturated carbocycles. The predicted molar refractivity (Wildman–Crippen MR) is 86.4 cm³/mol. The van der Waals surface area contributed by atoms with E-state index in [0.29, 0.717) is 19.4 Å². The van der Waals surface area contributed by atoms with Gasteiger partial charge in [0.25, 0.3) is 0 Å². The summed E-state index contributed by atoms with van der Waals surface area (Å²) in [5.74, 6) is 0.736. The van der Waals surface area contributed by atoms with Crippen molar-refractivity contribution in [2.45, 2.75) is 50.6 Å². The summed E-state index contributed by atoms with van der Waals surface area (Å²) in [6, 6.07) is 6.79. The molecule has 0 aromatic heterocycles. The predicted octanol–water partition coefficient (Wildman–Crippen LogP) is 3.38. The van der Waals surface area contributed by atoms with Crippen LogP contribution in [0.25, 0.3) is 0 Å². The quantitative estimate of drug-likeness (QED) is 0.818. The molecule has 0 radical (unpaired) electrons. The molecule has 0 aliphatic heterocycles. The number of hydrogen-bond donors (Lipinski definition) is 2. The number of methoxy groups -OCH3 is 1. The number of carbonyl (C=O) groups is 1. The zero-order valence-corrected chi connectivity index (χ0v) is 14.1. The van der Waals surface area contributed by atoms with Gasteiger partial charge >= 0.3 is 12.2 Å². The maximum Gasteiger partial charge on any atom is 0.411 e. The topological polar surface area (TPSA) is 59.6 Å². The van der Waals surface area contributed by atoms with Crippen molar-refractivity contribution in [2.24, 2.45) is 0 Å². The first kappa shape index (κ1) is 19.4. The number of ether oxygens (including phenoxy) is 2. The summed E-state index contributed by atoms with van der Waals surface area (Å²) in [5, 5.41) is 5.55. The molecular formula is C17H23F3N2O3. The molecule has 2 atom stereocenters. The van der Waals surface area contributed by atoms with Crippen molar-refractivity contribution >= 4 is 6.03 Å². The molecule has 2 N–H and O–H groups in total. The van der Waals surface area contributed by atoms with Gasteiger partial charge in [-0.1, -0.05) is 12.1 Å². The Kier molecular flexibility index (Phi) is 6.92. The maximum atomic E-state index is 12.2. The number of halogens is 3. The highest BCUT2D eigenvalue weighted by atomic mass is 19.4. The van der Waals surface area contributed by atoms with E-state index in [1.54, 1.807) is 19.2 Å². The Morgan fingerprint density at radius 2 is 1.96 bits per heavy atom. The van der Waals surface area contributed by atoms with Gasteiger partial charge < -0.3 is 20.1 Å². The zero-order valence-electron chi connectivity index (χ0n) is 14.1. The van der Waals surface area contributed by atoms with Crippen molar-refractivity contribution < 1.29 is 27.4 Å². The molecule has 0 heterocycles. The highest BCUT2D eigenvalue weighted by Gasteiger charge is 2.31. The van der Waals surface area contributed by atoms with Crippen LogP contribution in [0.15, 0.2) is 24.3 Å². The lowest BCUT2D eigenvalue weighted by atomic mass is 9.93. The number of hydrogen-bond acceptors (Lipinski definition) is 3. The smallest absolute Gasteiger partial charge is 0.411 e. The van der Waals surface area contributed by atoms with E-state index < -0.39 is 18.9 Å². The number of urea groups is 1. The molecule has 0 saturated heterocycles. The van der Waals surface area contributed by atoms with E-state index in [4.69, 9.17) is 9.47 Å². The summed E-state index contributed by atoms with van der Waals surface area (Å²) in [5.41, 5.74) is 0.922. The number of rotatable bonds is 6. The van der Waals surface area contributed by atoms with Crippen LogP contribution in [0.4, 0.5) is 18.0 Å². The lowest BCUT2D eigenvalue weighted by Crippen LogP contribution is -2.45.